The Bertz CT molecular complexity index is 955. The van der Waals surface area contributed by atoms with E-state index in [1.165, 1.54) is 0 Å². The molecule has 0 aliphatic carbocycles. The number of para-hydroxylation sites is 1. The van der Waals surface area contributed by atoms with Crippen molar-refractivity contribution in [2.75, 3.05) is 20.3 Å². The molecule has 26 heavy (non-hydrogen) atoms. The second-order valence-corrected chi connectivity index (χ2v) is 6.58. The number of rotatable bonds is 7. The van der Waals surface area contributed by atoms with Gasteiger partial charge in [-0.3, -0.25) is 9.36 Å². The number of fused-ring (bicyclic) bond motifs is 1. The summed E-state index contributed by atoms with van der Waals surface area (Å²) in [6, 6.07) is 14.8. The Kier molecular flexibility index (Phi) is 6.04. The zero-order valence-corrected chi connectivity index (χ0v) is 15.7. The second kappa shape index (κ2) is 8.45. The Hall–Kier alpha value is -2.21. The largest absolute Gasteiger partial charge is 0.379 e. The van der Waals surface area contributed by atoms with Gasteiger partial charge >= 0.3 is 0 Å². The van der Waals surface area contributed by atoms with Gasteiger partial charge in [-0.05, 0) is 30.3 Å². The second-order valence-electron chi connectivity index (χ2n) is 6.14. The molecule has 0 aliphatic heterocycles. The van der Waals surface area contributed by atoms with Crippen LogP contribution in [0.1, 0.15) is 25.2 Å². The molecule has 0 bridgehead atoms. The topological polar surface area (TPSA) is 60.7 Å². The Morgan fingerprint density at radius 3 is 2.77 bits per heavy atom. The number of aromatic nitrogens is 2. The number of quaternary nitrogens is 1. The first-order chi connectivity index (χ1) is 12.7. The van der Waals surface area contributed by atoms with Crippen molar-refractivity contribution in [2.24, 2.45) is 0 Å². The SMILES string of the molecule is CC[C@@H]([NH2+]CCOC)c1nc2ccccc2c(=O)n1-c1cccc(Cl)c1. The summed E-state index contributed by atoms with van der Waals surface area (Å²) >= 11 is 6.17. The van der Waals surface area contributed by atoms with Crippen LogP contribution >= 0.6 is 11.6 Å². The number of halogens is 1. The summed E-state index contributed by atoms with van der Waals surface area (Å²) < 4.78 is 6.85. The van der Waals surface area contributed by atoms with E-state index in [2.05, 4.69) is 12.2 Å². The molecule has 0 spiro atoms. The minimum atomic E-state index is -0.0774. The molecule has 0 amide bonds. The van der Waals surface area contributed by atoms with Crippen LogP contribution < -0.4 is 10.9 Å². The minimum absolute atomic E-state index is 0.0430. The molecular formula is C20H23ClN3O2+. The highest BCUT2D eigenvalue weighted by molar-refractivity contribution is 6.30. The number of hydrogen-bond acceptors (Lipinski definition) is 3. The van der Waals surface area contributed by atoms with Gasteiger partial charge in [0.05, 0.1) is 29.7 Å². The van der Waals surface area contributed by atoms with Gasteiger partial charge in [0.15, 0.2) is 5.82 Å². The number of ether oxygens (including phenoxy) is 1. The highest BCUT2D eigenvalue weighted by Crippen LogP contribution is 2.20. The lowest BCUT2D eigenvalue weighted by Crippen LogP contribution is -2.86. The number of hydrogen-bond donors (Lipinski definition) is 1. The average molecular weight is 373 g/mol. The van der Waals surface area contributed by atoms with Crippen molar-refractivity contribution in [3.63, 3.8) is 0 Å². The first-order valence-corrected chi connectivity index (χ1v) is 9.13. The first-order valence-electron chi connectivity index (χ1n) is 8.75. The van der Waals surface area contributed by atoms with Crippen molar-refractivity contribution in [1.29, 1.82) is 0 Å². The molecule has 0 radical (unpaired) electrons. The standard InChI is InChI=1S/C20H22ClN3O2/c1-3-17(22-11-12-26-2)19-23-18-10-5-4-9-16(18)20(25)24(19)15-8-6-7-14(21)13-15/h4-10,13,17,22H,3,11-12H2,1-2H3/p+1/t17-/m1/s1. The van der Waals surface area contributed by atoms with Gasteiger partial charge in [-0.2, -0.15) is 0 Å². The van der Waals surface area contributed by atoms with Crippen LogP contribution in [-0.4, -0.2) is 29.8 Å². The van der Waals surface area contributed by atoms with Gasteiger partial charge in [-0.15, -0.1) is 0 Å². The van der Waals surface area contributed by atoms with Crippen molar-refractivity contribution < 1.29 is 10.1 Å². The van der Waals surface area contributed by atoms with Gasteiger partial charge in [0, 0.05) is 18.6 Å². The van der Waals surface area contributed by atoms with Gasteiger partial charge in [0.2, 0.25) is 0 Å². The van der Waals surface area contributed by atoms with Gasteiger partial charge in [-0.25, -0.2) is 4.98 Å². The third-order valence-corrected chi connectivity index (χ3v) is 4.65. The molecule has 136 valence electrons. The highest BCUT2D eigenvalue weighted by Gasteiger charge is 2.22. The van der Waals surface area contributed by atoms with Crippen LogP contribution in [0.4, 0.5) is 0 Å². The van der Waals surface area contributed by atoms with Crippen LogP contribution in [0.5, 0.6) is 0 Å². The van der Waals surface area contributed by atoms with E-state index in [-0.39, 0.29) is 11.6 Å². The van der Waals surface area contributed by atoms with Crippen LogP contribution in [0.3, 0.4) is 0 Å². The molecule has 5 nitrogen and oxygen atoms in total. The van der Waals surface area contributed by atoms with Crippen molar-refractivity contribution in [2.45, 2.75) is 19.4 Å². The van der Waals surface area contributed by atoms with E-state index in [1.54, 1.807) is 23.8 Å². The molecule has 0 saturated carbocycles. The van der Waals surface area contributed by atoms with Crippen LogP contribution in [0.25, 0.3) is 16.6 Å². The van der Waals surface area contributed by atoms with Gasteiger partial charge in [-0.1, -0.05) is 36.7 Å². The Balaban J connectivity index is 2.22. The van der Waals surface area contributed by atoms with Gasteiger partial charge in [0.1, 0.15) is 6.04 Å². The molecule has 6 heteroatoms. The van der Waals surface area contributed by atoms with Crippen molar-refractivity contribution in [3.05, 3.63) is 69.7 Å². The summed E-state index contributed by atoms with van der Waals surface area (Å²) in [6.07, 6.45) is 0.842. The predicted octanol–water partition coefficient (Wildman–Crippen LogP) is 2.70. The average Bonchev–Trinajstić information content (AvgIpc) is 2.65. The van der Waals surface area contributed by atoms with E-state index in [1.807, 2.05) is 36.4 Å². The summed E-state index contributed by atoms with van der Waals surface area (Å²) in [5, 5.41) is 3.36. The van der Waals surface area contributed by atoms with E-state index >= 15 is 0 Å². The fraction of sp³-hybridized carbons (Fsp3) is 0.300. The minimum Gasteiger partial charge on any atom is -0.379 e. The molecule has 0 saturated heterocycles. The fourth-order valence-electron chi connectivity index (χ4n) is 3.11. The smallest absolute Gasteiger partial charge is 0.266 e. The maximum atomic E-state index is 13.3. The summed E-state index contributed by atoms with van der Waals surface area (Å²) in [5.74, 6) is 0.731. The number of benzene rings is 2. The molecule has 2 N–H and O–H groups in total. The lowest BCUT2D eigenvalue weighted by atomic mass is 10.1. The van der Waals surface area contributed by atoms with Crippen molar-refractivity contribution >= 4 is 22.5 Å². The number of nitrogens with two attached hydrogens (primary N) is 1. The fourth-order valence-corrected chi connectivity index (χ4v) is 3.29. The molecule has 0 aliphatic rings. The van der Waals surface area contributed by atoms with Crippen molar-refractivity contribution in [3.8, 4) is 5.69 Å². The first kappa shape index (κ1) is 18.6. The molecule has 3 rings (SSSR count). The van der Waals surface area contributed by atoms with Crippen LogP contribution in [-0.2, 0) is 4.74 Å². The Morgan fingerprint density at radius 2 is 2.04 bits per heavy atom. The summed E-state index contributed by atoms with van der Waals surface area (Å²) in [4.78, 5) is 18.1. The van der Waals surface area contributed by atoms with Crippen LogP contribution in [0.2, 0.25) is 5.02 Å². The molecule has 1 heterocycles. The molecule has 3 aromatic rings. The molecule has 0 unspecified atom stereocenters. The maximum Gasteiger partial charge on any atom is 0.266 e. The number of methoxy groups -OCH3 is 1. The molecule has 1 atom stereocenters. The van der Waals surface area contributed by atoms with E-state index < -0.39 is 0 Å². The Labute approximate surface area is 157 Å². The van der Waals surface area contributed by atoms with E-state index in [9.17, 15) is 4.79 Å². The third kappa shape index (κ3) is 3.80. The monoisotopic (exact) mass is 372 g/mol. The highest BCUT2D eigenvalue weighted by atomic mass is 35.5. The molecule has 0 fully saturated rings. The predicted molar refractivity (Wildman–Crippen MR) is 104 cm³/mol. The quantitative estimate of drug-likeness (QED) is 0.649. The van der Waals surface area contributed by atoms with Crippen LogP contribution in [0.15, 0.2) is 53.3 Å². The van der Waals surface area contributed by atoms with E-state index in [4.69, 9.17) is 21.3 Å². The maximum absolute atomic E-state index is 13.3. The van der Waals surface area contributed by atoms with Gasteiger partial charge in [0.25, 0.3) is 5.56 Å². The summed E-state index contributed by atoms with van der Waals surface area (Å²) in [7, 11) is 1.69. The van der Waals surface area contributed by atoms with Crippen LogP contribution in [0, 0.1) is 0 Å². The third-order valence-electron chi connectivity index (χ3n) is 4.41. The molecular weight excluding hydrogens is 350 g/mol. The van der Waals surface area contributed by atoms with Crippen molar-refractivity contribution in [1.82, 2.24) is 9.55 Å². The lowest BCUT2D eigenvalue weighted by molar-refractivity contribution is -0.698. The zero-order valence-electron chi connectivity index (χ0n) is 15.0. The lowest BCUT2D eigenvalue weighted by Gasteiger charge is -2.19. The summed E-state index contributed by atoms with van der Waals surface area (Å²) in [6.45, 7) is 3.54. The normalized spacial score (nSPS) is 12.4. The van der Waals surface area contributed by atoms with E-state index in [0.29, 0.717) is 22.5 Å². The number of nitrogens with zero attached hydrogens (tertiary/aromatic N) is 2. The molecule has 1 aromatic heterocycles. The Morgan fingerprint density at radius 1 is 1.23 bits per heavy atom. The summed E-state index contributed by atoms with van der Waals surface area (Å²) in [5.41, 5.74) is 1.37. The molecule has 2 aromatic carbocycles. The van der Waals surface area contributed by atoms with Gasteiger partial charge < -0.3 is 10.1 Å². The zero-order chi connectivity index (χ0) is 18.5. The van der Waals surface area contributed by atoms with E-state index in [0.717, 1.165) is 24.5 Å².